The van der Waals surface area contributed by atoms with Gasteiger partial charge in [0.2, 0.25) is 0 Å². The lowest BCUT2D eigenvalue weighted by Gasteiger charge is -2.18. The van der Waals surface area contributed by atoms with Gasteiger partial charge in [0.1, 0.15) is 29.8 Å². The van der Waals surface area contributed by atoms with Gasteiger partial charge in [-0.15, -0.1) is 0 Å². The van der Waals surface area contributed by atoms with Crippen molar-refractivity contribution in [3.8, 4) is 5.75 Å². The second-order valence-electron chi connectivity index (χ2n) is 8.24. The van der Waals surface area contributed by atoms with Gasteiger partial charge in [0.25, 0.3) is 0 Å². The maximum atomic E-state index is 14.0. The van der Waals surface area contributed by atoms with Crippen LogP contribution in [0.25, 0.3) is 10.9 Å². The number of hydrogen-bond donors (Lipinski definition) is 2. The third-order valence-electron chi connectivity index (χ3n) is 5.63. The lowest BCUT2D eigenvalue weighted by Crippen LogP contribution is -2.16. The first-order valence-electron chi connectivity index (χ1n) is 11.0. The second kappa shape index (κ2) is 9.47. The predicted octanol–water partition coefficient (Wildman–Crippen LogP) is 4.49. The summed E-state index contributed by atoms with van der Waals surface area (Å²) in [4.78, 5) is 13.3. The molecule has 35 heavy (non-hydrogen) atoms. The van der Waals surface area contributed by atoms with E-state index in [-0.39, 0.29) is 6.10 Å². The summed E-state index contributed by atoms with van der Waals surface area (Å²) in [6.07, 6.45) is 5.20. The van der Waals surface area contributed by atoms with Gasteiger partial charge in [0.05, 0.1) is 39.0 Å². The van der Waals surface area contributed by atoms with E-state index in [0.717, 1.165) is 17.4 Å². The molecule has 5 rings (SSSR count). The standard InChI is InChI=1S/C25H24FN5O3S/c1-16-11-18(31-35(2,32)20-5-8-27-9-6-20)13-22-24(16)25(29-15-28-22)30-21-4-3-17(26)12-23(21)34-19-7-10-33-14-19/h3-6,8-9,11-13,15,19H,2,7,10,14H2,1H3,(H,31,32)(H,28,29,30). The Bertz CT molecular complexity index is 1480. The number of pyridine rings is 1. The van der Waals surface area contributed by atoms with E-state index in [1.165, 1.54) is 18.5 Å². The molecule has 2 aromatic heterocycles. The summed E-state index contributed by atoms with van der Waals surface area (Å²) in [5.41, 5.74) is 2.69. The van der Waals surface area contributed by atoms with Gasteiger partial charge in [-0.05, 0) is 54.8 Å². The average Bonchev–Trinajstić information content (AvgIpc) is 3.34. The van der Waals surface area contributed by atoms with E-state index in [1.54, 1.807) is 36.7 Å². The van der Waals surface area contributed by atoms with Crippen LogP contribution in [0.5, 0.6) is 5.75 Å². The Kier molecular flexibility index (Phi) is 6.23. The van der Waals surface area contributed by atoms with Crippen molar-refractivity contribution in [2.45, 2.75) is 24.3 Å². The summed E-state index contributed by atoms with van der Waals surface area (Å²) >= 11 is 0. The number of fused-ring (bicyclic) bond motifs is 1. The van der Waals surface area contributed by atoms with Crippen LogP contribution in [-0.4, -0.2) is 44.3 Å². The first kappa shape index (κ1) is 23.0. The Morgan fingerprint density at radius 2 is 2.00 bits per heavy atom. The molecule has 180 valence electrons. The van der Waals surface area contributed by atoms with Crippen molar-refractivity contribution in [3.63, 3.8) is 0 Å². The number of ether oxygens (including phenoxy) is 2. The van der Waals surface area contributed by atoms with Crippen molar-refractivity contribution in [1.82, 2.24) is 15.0 Å². The molecule has 0 aliphatic carbocycles. The third-order valence-corrected chi connectivity index (χ3v) is 7.23. The molecule has 1 aliphatic heterocycles. The Balaban J connectivity index is 1.47. The van der Waals surface area contributed by atoms with Crippen LogP contribution in [0, 0.1) is 12.7 Å². The minimum atomic E-state index is -2.79. The van der Waals surface area contributed by atoms with Gasteiger partial charge in [-0.3, -0.25) is 4.98 Å². The molecule has 2 unspecified atom stereocenters. The lowest BCUT2D eigenvalue weighted by atomic mass is 10.1. The molecule has 0 spiro atoms. The number of hydrogen-bond acceptors (Lipinski definition) is 7. The highest BCUT2D eigenvalue weighted by atomic mass is 32.2. The lowest BCUT2D eigenvalue weighted by molar-refractivity contribution is 0.141. The third kappa shape index (κ3) is 5.03. The Hall–Kier alpha value is -3.76. The summed E-state index contributed by atoms with van der Waals surface area (Å²) in [7, 11) is -2.79. The highest BCUT2D eigenvalue weighted by Crippen LogP contribution is 2.34. The fourth-order valence-electron chi connectivity index (χ4n) is 3.96. The van der Waals surface area contributed by atoms with Gasteiger partial charge >= 0.3 is 0 Å². The molecule has 0 saturated carbocycles. The van der Waals surface area contributed by atoms with Gasteiger partial charge in [-0.1, -0.05) is 0 Å². The van der Waals surface area contributed by atoms with Crippen LogP contribution in [0.4, 0.5) is 21.6 Å². The average molecular weight is 494 g/mol. The predicted molar refractivity (Wildman–Crippen MR) is 135 cm³/mol. The van der Waals surface area contributed by atoms with Crippen LogP contribution < -0.4 is 14.8 Å². The van der Waals surface area contributed by atoms with Gasteiger partial charge < -0.3 is 19.5 Å². The SMILES string of the molecule is C=S(=O)(Nc1cc(C)c2c(Nc3ccc(F)cc3OC3CCOC3)ncnc2c1)c1ccncc1. The smallest absolute Gasteiger partial charge is 0.146 e. The zero-order valence-electron chi connectivity index (χ0n) is 19.0. The van der Waals surface area contributed by atoms with Crippen LogP contribution in [0.2, 0.25) is 0 Å². The van der Waals surface area contributed by atoms with Crippen molar-refractivity contribution in [2.75, 3.05) is 23.3 Å². The van der Waals surface area contributed by atoms with Crippen molar-refractivity contribution in [3.05, 3.63) is 72.6 Å². The van der Waals surface area contributed by atoms with E-state index >= 15 is 0 Å². The molecule has 2 N–H and O–H groups in total. The molecule has 1 saturated heterocycles. The molecule has 2 atom stereocenters. The number of nitrogens with one attached hydrogen (secondary N) is 2. The first-order valence-corrected chi connectivity index (χ1v) is 12.7. The molecular formula is C25H24FN5O3S. The number of halogens is 1. The van der Waals surface area contributed by atoms with E-state index in [9.17, 15) is 8.60 Å². The summed E-state index contributed by atoms with van der Waals surface area (Å²) in [6.45, 7) is 3.00. The van der Waals surface area contributed by atoms with Crippen molar-refractivity contribution in [2.24, 2.45) is 0 Å². The Morgan fingerprint density at radius 3 is 2.77 bits per heavy atom. The molecular weight excluding hydrogens is 469 g/mol. The zero-order valence-corrected chi connectivity index (χ0v) is 19.8. The van der Waals surface area contributed by atoms with Crippen molar-refractivity contribution < 1.29 is 18.1 Å². The van der Waals surface area contributed by atoms with E-state index in [4.69, 9.17) is 9.47 Å². The first-order chi connectivity index (χ1) is 16.9. The normalized spacial score (nSPS) is 17.1. The number of benzene rings is 2. The highest BCUT2D eigenvalue weighted by Gasteiger charge is 2.20. The molecule has 8 nitrogen and oxygen atoms in total. The Morgan fingerprint density at radius 1 is 1.17 bits per heavy atom. The van der Waals surface area contributed by atoms with Gasteiger partial charge in [-0.2, -0.15) is 0 Å². The molecule has 1 aliphatic rings. The van der Waals surface area contributed by atoms with Crippen LogP contribution in [-0.2, 0) is 14.4 Å². The number of nitrogens with zero attached hydrogens (tertiary/aromatic N) is 3. The number of aromatic nitrogens is 3. The monoisotopic (exact) mass is 493 g/mol. The van der Waals surface area contributed by atoms with Crippen LogP contribution in [0.15, 0.2) is 66.1 Å². The van der Waals surface area contributed by atoms with Gasteiger partial charge in [0.15, 0.2) is 0 Å². The van der Waals surface area contributed by atoms with E-state index in [1.807, 2.05) is 13.0 Å². The quantitative estimate of drug-likeness (QED) is 0.366. The summed E-state index contributed by atoms with van der Waals surface area (Å²) < 4.78 is 41.5. The topological polar surface area (TPSA) is 98.3 Å². The highest BCUT2D eigenvalue weighted by molar-refractivity contribution is 8.01. The second-order valence-corrected chi connectivity index (χ2v) is 10.3. The Labute approximate surface area is 202 Å². The molecule has 4 aromatic rings. The van der Waals surface area contributed by atoms with E-state index in [0.29, 0.717) is 46.6 Å². The fourth-order valence-corrected chi connectivity index (χ4v) is 5.14. The van der Waals surface area contributed by atoms with E-state index in [2.05, 4.69) is 30.9 Å². The van der Waals surface area contributed by atoms with Gasteiger partial charge in [-0.25, -0.2) is 18.6 Å². The summed E-state index contributed by atoms with van der Waals surface area (Å²) in [5.74, 6) is 4.40. The number of rotatable bonds is 7. The van der Waals surface area contributed by atoms with Crippen molar-refractivity contribution in [1.29, 1.82) is 0 Å². The zero-order chi connectivity index (χ0) is 24.4. The van der Waals surface area contributed by atoms with E-state index < -0.39 is 15.5 Å². The minimum absolute atomic E-state index is 0.132. The molecule has 3 heterocycles. The molecule has 1 fully saturated rings. The maximum Gasteiger partial charge on any atom is 0.146 e. The largest absolute Gasteiger partial charge is 0.486 e. The van der Waals surface area contributed by atoms with Crippen LogP contribution >= 0.6 is 0 Å². The molecule has 0 bridgehead atoms. The molecule has 2 aromatic carbocycles. The minimum Gasteiger partial charge on any atom is -0.486 e. The number of anilines is 3. The van der Waals surface area contributed by atoms with Crippen LogP contribution in [0.1, 0.15) is 12.0 Å². The molecule has 0 amide bonds. The maximum absolute atomic E-state index is 14.0. The van der Waals surface area contributed by atoms with Crippen LogP contribution in [0.3, 0.4) is 0 Å². The van der Waals surface area contributed by atoms with Gasteiger partial charge in [0, 0.05) is 36.0 Å². The number of aryl methyl sites for hydroxylation is 1. The fraction of sp³-hybridized carbons (Fsp3) is 0.200. The molecule has 10 heteroatoms. The summed E-state index contributed by atoms with van der Waals surface area (Å²) in [6, 6.07) is 11.3. The van der Waals surface area contributed by atoms with Crippen molar-refractivity contribution >= 4 is 43.7 Å². The molecule has 0 radical (unpaired) electrons. The summed E-state index contributed by atoms with van der Waals surface area (Å²) in [5, 5.41) is 4.05.